The summed E-state index contributed by atoms with van der Waals surface area (Å²) in [5.41, 5.74) is 6.98. The van der Waals surface area contributed by atoms with Crippen molar-refractivity contribution in [1.82, 2.24) is 14.3 Å². The second-order valence-electron chi connectivity index (χ2n) is 3.96. The van der Waals surface area contributed by atoms with E-state index in [9.17, 15) is 9.59 Å². The fourth-order valence-corrected chi connectivity index (χ4v) is 1.66. The summed E-state index contributed by atoms with van der Waals surface area (Å²) in [6, 6.07) is 5.21. The van der Waals surface area contributed by atoms with Crippen LogP contribution >= 0.6 is 0 Å². The number of aromatic nitrogens is 3. The van der Waals surface area contributed by atoms with Crippen LogP contribution in [-0.2, 0) is 6.54 Å². The SMILES string of the molecule is CCn1c(=O)cnn(-c2ccc(C)c(N)c2)c1=O. The van der Waals surface area contributed by atoms with Gasteiger partial charge in [0, 0.05) is 12.2 Å². The Labute approximate surface area is 103 Å². The first-order valence-electron chi connectivity index (χ1n) is 5.60. The Kier molecular flexibility index (Phi) is 3.01. The number of aryl methyl sites for hydroxylation is 1. The molecule has 0 radical (unpaired) electrons. The number of hydrogen-bond donors (Lipinski definition) is 1. The van der Waals surface area contributed by atoms with Crippen molar-refractivity contribution in [1.29, 1.82) is 0 Å². The highest BCUT2D eigenvalue weighted by Crippen LogP contribution is 2.14. The first-order chi connectivity index (χ1) is 8.54. The van der Waals surface area contributed by atoms with Crippen LogP contribution in [0.3, 0.4) is 0 Å². The molecule has 2 rings (SSSR count). The monoisotopic (exact) mass is 246 g/mol. The van der Waals surface area contributed by atoms with Crippen molar-refractivity contribution in [2.24, 2.45) is 0 Å². The van der Waals surface area contributed by atoms with E-state index in [0.29, 0.717) is 17.9 Å². The lowest BCUT2D eigenvalue weighted by Crippen LogP contribution is -2.39. The summed E-state index contributed by atoms with van der Waals surface area (Å²) in [6.45, 7) is 3.92. The van der Waals surface area contributed by atoms with Crippen molar-refractivity contribution >= 4 is 5.69 Å². The molecule has 2 aromatic rings. The zero-order chi connectivity index (χ0) is 13.3. The molecule has 0 saturated heterocycles. The van der Waals surface area contributed by atoms with Crippen LogP contribution in [0.5, 0.6) is 0 Å². The summed E-state index contributed by atoms with van der Waals surface area (Å²) in [5.74, 6) is 0. The summed E-state index contributed by atoms with van der Waals surface area (Å²) < 4.78 is 2.28. The Morgan fingerprint density at radius 1 is 1.33 bits per heavy atom. The van der Waals surface area contributed by atoms with Crippen LogP contribution < -0.4 is 17.0 Å². The molecule has 0 aliphatic heterocycles. The molecule has 1 heterocycles. The van der Waals surface area contributed by atoms with Gasteiger partial charge in [0.2, 0.25) is 0 Å². The second-order valence-corrected chi connectivity index (χ2v) is 3.96. The van der Waals surface area contributed by atoms with Crippen molar-refractivity contribution in [3.8, 4) is 5.69 Å². The number of nitrogen functional groups attached to an aromatic ring is 1. The summed E-state index contributed by atoms with van der Waals surface area (Å²) >= 11 is 0. The van der Waals surface area contributed by atoms with E-state index in [4.69, 9.17) is 5.73 Å². The highest BCUT2D eigenvalue weighted by atomic mass is 16.2. The first kappa shape index (κ1) is 12.1. The third-order valence-electron chi connectivity index (χ3n) is 2.79. The minimum Gasteiger partial charge on any atom is -0.398 e. The molecule has 0 fully saturated rings. The Balaban J connectivity index is 2.68. The van der Waals surface area contributed by atoms with E-state index in [0.717, 1.165) is 16.3 Å². The minimum atomic E-state index is -0.465. The molecule has 0 atom stereocenters. The van der Waals surface area contributed by atoms with Crippen LogP contribution in [0, 0.1) is 6.92 Å². The van der Waals surface area contributed by atoms with Crippen LogP contribution in [0.1, 0.15) is 12.5 Å². The summed E-state index contributed by atoms with van der Waals surface area (Å²) in [4.78, 5) is 23.5. The van der Waals surface area contributed by atoms with Gasteiger partial charge in [0.15, 0.2) is 0 Å². The Morgan fingerprint density at radius 3 is 2.67 bits per heavy atom. The highest BCUT2D eigenvalue weighted by molar-refractivity contribution is 5.52. The first-order valence-corrected chi connectivity index (χ1v) is 5.60. The molecule has 1 aromatic heterocycles. The molecule has 0 aliphatic rings. The van der Waals surface area contributed by atoms with Crippen LogP contribution in [0.15, 0.2) is 34.0 Å². The van der Waals surface area contributed by atoms with Crippen molar-refractivity contribution in [2.75, 3.05) is 5.73 Å². The van der Waals surface area contributed by atoms with Gasteiger partial charge in [0.1, 0.15) is 6.20 Å². The smallest absolute Gasteiger partial charge is 0.352 e. The molecule has 6 heteroatoms. The van der Waals surface area contributed by atoms with Gasteiger partial charge in [-0.2, -0.15) is 9.78 Å². The van der Waals surface area contributed by atoms with E-state index in [-0.39, 0.29) is 0 Å². The fraction of sp³-hybridized carbons (Fsp3) is 0.250. The quantitative estimate of drug-likeness (QED) is 0.773. The van der Waals surface area contributed by atoms with Crippen LogP contribution in [-0.4, -0.2) is 14.3 Å². The van der Waals surface area contributed by atoms with Crippen molar-refractivity contribution in [3.63, 3.8) is 0 Å². The molecule has 2 N–H and O–H groups in total. The topological polar surface area (TPSA) is 82.9 Å². The summed E-state index contributed by atoms with van der Waals surface area (Å²) in [6.07, 6.45) is 1.13. The molecule has 1 aromatic carbocycles. The minimum absolute atomic E-state index is 0.307. The highest BCUT2D eigenvalue weighted by Gasteiger charge is 2.07. The average molecular weight is 246 g/mol. The average Bonchev–Trinajstić information content (AvgIpc) is 2.34. The molecule has 0 unspecified atom stereocenters. The Bertz CT molecular complexity index is 700. The van der Waals surface area contributed by atoms with E-state index in [1.165, 1.54) is 4.68 Å². The zero-order valence-corrected chi connectivity index (χ0v) is 10.3. The Hall–Kier alpha value is -2.37. The third kappa shape index (κ3) is 1.92. The number of benzene rings is 1. The fourth-order valence-electron chi connectivity index (χ4n) is 1.66. The molecule has 18 heavy (non-hydrogen) atoms. The number of hydrogen-bond acceptors (Lipinski definition) is 4. The van der Waals surface area contributed by atoms with E-state index in [1.54, 1.807) is 25.1 Å². The molecular weight excluding hydrogens is 232 g/mol. The number of nitrogens with zero attached hydrogens (tertiary/aromatic N) is 3. The molecule has 0 saturated carbocycles. The van der Waals surface area contributed by atoms with Gasteiger partial charge in [-0.25, -0.2) is 4.79 Å². The van der Waals surface area contributed by atoms with E-state index < -0.39 is 11.2 Å². The normalized spacial score (nSPS) is 10.6. The van der Waals surface area contributed by atoms with Gasteiger partial charge in [-0.05, 0) is 31.5 Å². The second kappa shape index (κ2) is 4.48. The maximum absolute atomic E-state index is 12.0. The lowest BCUT2D eigenvalue weighted by molar-refractivity contribution is 0.601. The lowest BCUT2D eigenvalue weighted by atomic mass is 10.2. The summed E-state index contributed by atoms with van der Waals surface area (Å²) in [7, 11) is 0. The van der Waals surface area contributed by atoms with Gasteiger partial charge in [-0.3, -0.25) is 9.36 Å². The molecule has 6 nitrogen and oxygen atoms in total. The van der Waals surface area contributed by atoms with E-state index >= 15 is 0 Å². The van der Waals surface area contributed by atoms with Crippen LogP contribution in [0.25, 0.3) is 5.69 Å². The molecule has 94 valence electrons. The van der Waals surface area contributed by atoms with E-state index in [1.807, 2.05) is 6.92 Å². The van der Waals surface area contributed by atoms with Crippen molar-refractivity contribution in [3.05, 3.63) is 50.8 Å². The zero-order valence-electron chi connectivity index (χ0n) is 10.3. The third-order valence-corrected chi connectivity index (χ3v) is 2.79. The standard InChI is InChI=1S/C12H14N4O2/c1-3-15-11(17)7-14-16(12(15)18)9-5-4-8(2)10(13)6-9/h4-7H,3,13H2,1-2H3. The van der Waals surface area contributed by atoms with Crippen LogP contribution in [0.4, 0.5) is 5.69 Å². The van der Waals surface area contributed by atoms with Gasteiger partial charge >= 0.3 is 5.69 Å². The van der Waals surface area contributed by atoms with Gasteiger partial charge in [0.25, 0.3) is 5.56 Å². The van der Waals surface area contributed by atoms with Crippen molar-refractivity contribution in [2.45, 2.75) is 20.4 Å². The summed E-state index contributed by atoms with van der Waals surface area (Å²) in [5, 5.41) is 3.84. The number of rotatable bonds is 2. The van der Waals surface area contributed by atoms with Crippen molar-refractivity contribution < 1.29 is 0 Å². The number of anilines is 1. The predicted octanol–water partition coefficient (Wildman–Crippen LogP) is 0.305. The Morgan fingerprint density at radius 2 is 2.06 bits per heavy atom. The molecular formula is C12H14N4O2. The molecule has 0 spiro atoms. The maximum atomic E-state index is 12.0. The largest absolute Gasteiger partial charge is 0.398 e. The lowest BCUT2D eigenvalue weighted by Gasteiger charge is -2.08. The number of nitrogens with two attached hydrogens (primary N) is 1. The molecule has 0 amide bonds. The maximum Gasteiger partial charge on any atom is 0.352 e. The van der Waals surface area contributed by atoms with Gasteiger partial charge in [-0.1, -0.05) is 6.07 Å². The predicted molar refractivity (Wildman–Crippen MR) is 68.9 cm³/mol. The van der Waals surface area contributed by atoms with Crippen LogP contribution in [0.2, 0.25) is 0 Å². The van der Waals surface area contributed by atoms with E-state index in [2.05, 4.69) is 5.10 Å². The van der Waals surface area contributed by atoms with Gasteiger partial charge in [0.05, 0.1) is 5.69 Å². The van der Waals surface area contributed by atoms with Gasteiger partial charge in [-0.15, -0.1) is 0 Å². The molecule has 0 aliphatic carbocycles. The molecule has 0 bridgehead atoms. The van der Waals surface area contributed by atoms with Gasteiger partial charge < -0.3 is 5.73 Å².